The van der Waals surface area contributed by atoms with Gasteiger partial charge in [0.05, 0.1) is 16.3 Å². The van der Waals surface area contributed by atoms with Gasteiger partial charge in [0.15, 0.2) is 5.82 Å². The molecule has 30 heavy (non-hydrogen) atoms. The molecule has 2 heterocycles. The molecule has 5 nitrogen and oxygen atoms in total. The number of amides is 1. The van der Waals surface area contributed by atoms with Crippen molar-refractivity contribution in [2.45, 2.75) is 13.8 Å². The first-order valence-corrected chi connectivity index (χ1v) is 10.2. The second-order valence-corrected chi connectivity index (χ2v) is 7.88. The maximum Gasteiger partial charge on any atom is 0.258 e. The van der Waals surface area contributed by atoms with Gasteiger partial charge in [-0.2, -0.15) is 0 Å². The van der Waals surface area contributed by atoms with Crippen molar-refractivity contribution >= 4 is 23.3 Å². The number of nitrogens with zero attached hydrogens (tertiary/aromatic N) is 4. The van der Waals surface area contributed by atoms with Gasteiger partial charge in [0, 0.05) is 31.7 Å². The summed E-state index contributed by atoms with van der Waals surface area (Å²) in [6, 6.07) is 14.4. The highest BCUT2D eigenvalue weighted by molar-refractivity contribution is 6.33. The molecule has 1 aromatic heterocycles. The lowest BCUT2D eigenvalue weighted by atomic mass is 10.0. The minimum Gasteiger partial charge on any atom is -0.352 e. The fraction of sp³-hybridized carbons (Fsp3) is 0.261. The normalized spacial score (nSPS) is 14.1. The van der Waals surface area contributed by atoms with E-state index in [-0.39, 0.29) is 16.5 Å². The second-order valence-electron chi connectivity index (χ2n) is 7.47. The molecule has 0 N–H and O–H groups in total. The molecule has 1 aliphatic rings. The van der Waals surface area contributed by atoms with Crippen LogP contribution in [0, 0.1) is 19.7 Å². The molecule has 1 aliphatic heterocycles. The Labute approximate surface area is 180 Å². The van der Waals surface area contributed by atoms with Crippen LogP contribution < -0.4 is 4.90 Å². The molecule has 0 saturated carbocycles. The van der Waals surface area contributed by atoms with E-state index in [1.165, 1.54) is 23.8 Å². The highest BCUT2D eigenvalue weighted by Gasteiger charge is 2.26. The van der Waals surface area contributed by atoms with E-state index in [1.54, 1.807) is 4.90 Å². The van der Waals surface area contributed by atoms with Crippen LogP contribution in [0.5, 0.6) is 0 Å². The van der Waals surface area contributed by atoms with Crippen molar-refractivity contribution in [3.05, 3.63) is 76.1 Å². The summed E-state index contributed by atoms with van der Waals surface area (Å²) in [5, 5.41) is 8.92. The zero-order valence-electron chi connectivity index (χ0n) is 16.9. The van der Waals surface area contributed by atoms with E-state index in [0.29, 0.717) is 26.2 Å². The molecule has 154 valence electrons. The molecule has 4 rings (SSSR count). The standard InChI is InChI=1S/C23H22ClFN4O/c1-15-6-7-17(16(2)14-15)20-8-9-21(27-26-20)28-10-12-29(13-11-28)23(30)22-18(24)4-3-5-19(22)25/h3-9,14H,10-13H2,1-2H3. The average molecular weight is 425 g/mol. The van der Waals surface area contributed by atoms with Crippen LogP contribution in [-0.4, -0.2) is 47.2 Å². The van der Waals surface area contributed by atoms with Gasteiger partial charge in [0.1, 0.15) is 5.82 Å². The van der Waals surface area contributed by atoms with Gasteiger partial charge in [-0.05, 0) is 43.7 Å². The molecular formula is C23H22ClFN4O. The molecule has 0 atom stereocenters. The molecule has 1 amide bonds. The Kier molecular flexibility index (Phi) is 5.68. The summed E-state index contributed by atoms with van der Waals surface area (Å²) in [6.45, 7) is 6.24. The number of benzene rings is 2. The number of carbonyl (C=O) groups excluding carboxylic acids is 1. The third-order valence-corrected chi connectivity index (χ3v) is 5.69. The Balaban J connectivity index is 1.43. The van der Waals surface area contributed by atoms with Crippen molar-refractivity contribution in [2.24, 2.45) is 0 Å². The fourth-order valence-corrected chi connectivity index (χ4v) is 3.98. The van der Waals surface area contributed by atoms with E-state index in [4.69, 9.17) is 11.6 Å². The lowest BCUT2D eigenvalue weighted by Crippen LogP contribution is -2.49. The summed E-state index contributed by atoms with van der Waals surface area (Å²) in [4.78, 5) is 16.4. The molecule has 3 aromatic rings. The van der Waals surface area contributed by atoms with Gasteiger partial charge in [-0.3, -0.25) is 4.79 Å². The molecule has 0 unspecified atom stereocenters. The number of piperazine rings is 1. The predicted molar refractivity (Wildman–Crippen MR) is 116 cm³/mol. The lowest BCUT2D eigenvalue weighted by Gasteiger charge is -2.35. The summed E-state index contributed by atoms with van der Waals surface area (Å²) in [7, 11) is 0. The Bertz CT molecular complexity index is 1060. The summed E-state index contributed by atoms with van der Waals surface area (Å²) in [6.07, 6.45) is 0. The molecule has 7 heteroatoms. The van der Waals surface area contributed by atoms with E-state index < -0.39 is 5.82 Å². The SMILES string of the molecule is Cc1ccc(-c2ccc(N3CCN(C(=O)c4c(F)cccc4Cl)CC3)nn2)c(C)c1. The van der Waals surface area contributed by atoms with Crippen molar-refractivity contribution < 1.29 is 9.18 Å². The van der Waals surface area contributed by atoms with Gasteiger partial charge in [0.2, 0.25) is 0 Å². The smallest absolute Gasteiger partial charge is 0.258 e. The van der Waals surface area contributed by atoms with Gasteiger partial charge < -0.3 is 9.80 Å². The van der Waals surface area contributed by atoms with Crippen molar-refractivity contribution in [3.8, 4) is 11.3 Å². The number of rotatable bonds is 3. The van der Waals surface area contributed by atoms with Crippen LogP contribution in [-0.2, 0) is 0 Å². The molecule has 0 spiro atoms. The topological polar surface area (TPSA) is 49.3 Å². The summed E-state index contributed by atoms with van der Waals surface area (Å²) < 4.78 is 14.1. The van der Waals surface area contributed by atoms with Crippen molar-refractivity contribution in [2.75, 3.05) is 31.1 Å². The van der Waals surface area contributed by atoms with Crippen LogP contribution >= 0.6 is 11.6 Å². The van der Waals surface area contributed by atoms with Gasteiger partial charge in [-0.1, -0.05) is 41.4 Å². The van der Waals surface area contributed by atoms with E-state index in [9.17, 15) is 9.18 Å². The number of halogens is 2. The van der Waals surface area contributed by atoms with E-state index in [1.807, 2.05) is 12.1 Å². The van der Waals surface area contributed by atoms with E-state index in [0.717, 1.165) is 22.6 Å². The maximum atomic E-state index is 14.1. The minimum atomic E-state index is -0.595. The van der Waals surface area contributed by atoms with Crippen LogP contribution in [0.3, 0.4) is 0 Å². The van der Waals surface area contributed by atoms with Crippen LogP contribution in [0.25, 0.3) is 11.3 Å². The first-order chi connectivity index (χ1) is 14.4. The zero-order chi connectivity index (χ0) is 21.3. The number of carbonyl (C=O) groups is 1. The highest BCUT2D eigenvalue weighted by Crippen LogP contribution is 2.25. The highest BCUT2D eigenvalue weighted by atomic mass is 35.5. The monoisotopic (exact) mass is 424 g/mol. The number of anilines is 1. The number of hydrogen-bond donors (Lipinski definition) is 0. The van der Waals surface area contributed by atoms with Gasteiger partial charge >= 0.3 is 0 Å². The largest absolute Gasteiger partial charge is 0.352 e. The second kappa shape index (κ2) is 8.40. The first kappa shape index (κ1) is 20.3. The van der Waals surface area contributed by atoms with Crippen molar-refractivity contribution in [1.82, 2.24) is 15.1 Å². The molecule has 2 aromatic carbocycles. The number of aryl methyl sites for hydroxylation is 2. The zero-order valence-corrected chi connectivity index (χ0v) is 17.7. The van der Waals surface area contributed by atoms with E-state index >= 15 is 0 Å². The number of hydrogen-bond acceptors (Lipinski definition) is 4. The van der Waals surface area contributed by atoms with Gasteiger partial charge in [0.25, 0.3) is 5.91 Å². The third-order valence-electron chi connectivity index (χ3n) is 5.38. The van der Waals surface area contributed by atoms with Crippen LogP contribution in [0.1, 0.15) is 21.5 Å². The van der Waals surface area contributed by atoms with Gasteiger partial charge in [-0.25, -0.2) is 4.39 Å². The van der Waals surface area contributed by atoms with Gasteiger partial charge in [-0.15, -0.1) is 10.2 Å². The van der Waals surface area contributed by atoms with Crippen LogP contribution in [0.4, 0.5) is 10.2 Å². The molecule has 0 radical (unpaired) electrons. The van der Waals surface area contributed by atoms with E-state index in [2.05, 4.69) is 47.1 Å². The minimum absolute atomic E-state index is 0.0646. The molecule has 0 bridgehead atoms. The van der Waals surface area contributed by atoms with Crippen molar-refractivity contribution in [1.29, 1.82) is 0 Å². The quantitative estimate of drug-likeness (QED) is 0.620. The molecule has 1 fully saturated rings. The fourth-order valence-electron chi connectivity index (χ4n) is 3.74. The Morgan fingerprint density at radius 2 is 1.77 bits per heavy atom. The molecular weight excluding hydrogens is 403 g/mol. The first-order valence-electron chi connectivity index (χ1n) is 9.83. The summed E-state index contributed by atoms with van der Waals surface area (Å²) in [5.41, 5.74) is 4.21. The van der Waals surface area contributed by atoms with Crippen LogP contribution in [0.15, 0.2) is 48.5 Å². The summed E-state index contributed by atoms with van der Waals surface area (Å²) in [5.74, 6) is -0.212. The van der Waals surface area contributed by atoms with Crippen molar-refractivity contribution in [3.63, 3.8) is 0 Å². The lowest BCUT2D eigenvalue weighted by molar-refractivity contribution is 0.0742. The molecule has 1 saturated heterocycles. The summed E-state index contributed by atoms with van der Waals surface area (Å²) >= 11 is 6.04. The Morgan fingerprint density at radius 3 is 2.40 bits per heavy atom. The number of aromatic nitrogens is 2. The Morgan fingerprint density at radius 1 is 1.00 bits per heavy atom. The Hall–Kier alpha value is -2.99. The average Bonchev–Trinajstić information content (AvgIpc) is 2.74. The maximum absolute atomic E-state index is 14.1. The third kappa shape index (κ3) is 4.00. The molecule has 0 aliphatic carbocycles. The predicted octanol–water partition coefficient (Wildman–Crippen LogP) is 4.52. The van der Waals surface area contributed by atoms with Crippen LogP contribution in [0.2, 0.25) is 5.02 Å².